The molecule has 0 fully saturated rings. The highest BCUT2D eigenvalue weighted by molar-refractivity contribution is 5.75. The molecule has 0 aliphatic heterocycles. The van der Waals surface area contributed by atoms with Gasteiger partial charge < -0.3 is 15.3 Å². The van der Waals surface area contributed by atoms with Crippen LogP contribution in [0, 0.1) is 0 Å². The molecule has 0 bridgehead atoms. The fourth-order valence-corrected chi connectivity index (χ4v) is 2.02. The molecule has 1 aromatic carbocycles. The van der Waals surface area contributed by atoms with Crippen LogP contribution >= 0.6 is 0 Å². The predicted octanol–water partition coefficient (Wildman–Crippen LogP) is 0.999. The Bertz CT molecular complexity index is 411. The lowest BCUT2D eigenvalue weighted by Gasteiger charge is -2.11. The van der Waals surface area contributed by atoms with Crippen LogP contribution in [0.3, 0.4) is 0 Å². The van der Waals surface area contributed by atoms with Gasteiger partial charge in [-0.1, -0.05) is 12.1 Å². The number of aliphatic carboxylic acids is 1. The number of carboxylic acids is 1. The molecule has 0 saturated carbocycles. The van der Waals surface area contributed by atoms with Crippen molar-refractivity contribution in [3.8, 4) is 5.75 Å². The van der Waals surface area contributed by atoms with E-state index in [1.165, 1.54) is 6.07 Å². The number of carboxylic acid groups (broad SMARTS) is 1. The number of rotatable bonds is 2. The summed E-state index contributed by atoms with van der Waals surface area (Å²) in [7, 11) is 0. The molecule has 0 aromatic heterocycles. The van der Waals surface area contributed by atoms with Gasteiger partial charge in [0.25, 0.3) is 0 Å². The van der Waals surface area contributed by atoms with E-state index in [9.17, 15) is 15.0 Å². The Morgan fingerprint density at radius 3 is 2.73 bits per heavy atom. The third-order valence-corrected chi connectivity index (χ3v) is 2.81. The summed E-state index contributed by atoms with van der Waals surface area (Å²) in [5, 5.41) is 27.8. The average Bonchev–Trinajstić information content (AvgIpc) is 2.66. The maximum Gasteiger partial charge on any atom is 0.337 e. The smallest absolute Gasteiger partial charge is 0.337 e. The minimum Gasteiger partial charge on any atom is -0.507 e. The molecule has 4 heteroatoms. The van der Waals surface area contributed by atoms with Crippen LogP contribution in [0.15, 0.2) is 12.1 Å². The van der Waals surface area contributed by atoms with Crippen molar-refractivity contribution in [2.75, 3.05) is 0 Å². The topological polar surface area (TPSA) is 77.8 Å². The molecule has 0 radical (unpaired) electrons. The van der Waals surface area contributed by atoms with Gasteiger partial charge in [0.05, 0.1) is 0 Å². The number of hydrogen-bond acceptors (Lipinski definition) is 3. The first-order valence-electron chi connectivity index (χ1n) is 4.85. The number of hydrogen-bond donors (Lipinski definition) is 3. The quantitative estimate of drug-likeness (QED) is 0.677. The van der Waals surface area contributed by atoms with E-state index in [0.717, 1.165) is 30.4 Å². The number of aryl methyl sites for hydroxylation is 1. The Balaban J connectivity index is 2.46. The largest absolute Gasteiger partial charge is 0.507 e. The van der Waals surface area contributed by atoms with E-state index in [4.69, 9.17) is 5.11 Å². The molecule has 4 nitrogen and oxygen atoms in total. The summed E-state index contributed by atoms with van der Waals surface area (Å²) in [5.74, 6) is -1.40. The van der Waals surface area contributed by atoms with Gasteiger partial charge in [0, 0.05) is 5.56 Å². The highest BCUT2D eigenvalue weighted by Gasteiger charge is 2.24. The fraction of sp³-hybridized carbons (Fsp3) is 0.364. The Kier molecular flexibility index (Phi) is 2.36. The predicted molar refractivity (Wildman–Crippen MR) is 52.7 cm³/mol. The first kappa shape index (κ1) is 9.98. The summed E-state index contributed by atoms with van der Waals surface area (Å²) in [6, 6.07) is 3.27. The van der Waals surface area contributed by atoms with E-state index in [1.807, 2.05) is 0 Å². The molecular formula is C11H12O4. The van der Waals surface area contributed by atoms with Gasteiger partial charge in [0.15, 0.2) is 6.10 Å². The first-order chi connectivity index (χ1) is 7.11. The number of phenols is 1. The second kappa shape index (κ2) is 3.55. The summed E-state index contributed by atoms with van der Waals surface area (Å²) in [6.45, 7) is 0. The van der Waals surface area contributed by atoms with Crippen LogP contribution in [0.4, 0.5) is 0 Å². The van der Waals surface area contributed by atoms with Crippen molar-refractivity contribution in [3.05, 3.63) is 28.8 Å². The summed E-state index contributed by atoms with van der Waals surface area (Å²) in [6.07, 6.45) is 0.985. The molecule has 0 amide bonds. The van der Waals surface area contributed by atoms with Crippen LogP contribution in [0.2, 0.25) is 0 Å². The van der Waals surface area contributed by atoms with E-state index < -0.39 is 12.1 Å². The highest BCUT2D eigenvalue weighted by atomic mass is 16.4. The molecule has 2 rings (SSSR count). The van der Waals surface area contributed by atoms with Gasteiger partial charge in [-0.25, -0.2) is 4.79 Å². The zero-order chi connectivity index (χ0) is 11.0. The van der Waals surface area contributed by atoms with Crippen LogP contribution < -0.4 is 0 Å². The standard InChI is InChI=1S/C11H12O4/c12-9-7-3-1-2-6(7)4-5-8(9)10(13)11(14)15/h4-5,10,12-13H,1-3H2,(H,14,15). The van der Waals surface area contributed by atoms with Crippen LogP contribution in [-0.2, 0) is 17.6 Å². The molecule has 0 spiro atoms. The molecule has 0 saturated heterocycles. The zero-order valence-electron chi connectivity index (χ0n) is 8.10. The third-order valence-electron chi connectivity index (χ3n) is 2.81. The maximum absolute atomic E-state index is 10.6. The van der Waals surface area contributed by atoms with Crippen LogP contribution in [0.1, 0.15) is 29.2 Å². The second-order valence-corrected chi connectivity index (χ2v) is 3.74. The Morgan fingerprint density at radius 2 is 2.07 bits per heavy atom. The van der Waals surface area contributed by atoms with Gasteiger partial charge in [-0.05, 0) is 30.4 Å². The van der Waals surface area contributed by atoms with Gasteiger partial charge in [-0.2, -0.15) is 0 Å². The van der Waals surface area contributed by atoms with E-state index in [1.54, 1.807) is 6.07 Å². The second-order valence-electron chi connectivity index (χ2n) is 3.74. The average molecular weight is 208 g/mol. The van der Waals surface area contributed by atoms with Crippen molar-refractivity contribution < 1.29 is 20.1 Å². The van der Waals surface area contributed by atoms with Crippen molar-refractivity contribution in [3.63, 3.8) is 0 Å². The number of fused-ring (bicyclic) bond motifs is 1. The lowest BCUT2D eigenvalue weighted by molar-refractivity contribution is -0.147. The Morgan fingerprint density at radius 1 is 1.33 bits per heavy atom. The molecule has 1 atom stereocenters. The van der Waals surface area contributed by atoms with E-state index >= 15 is 0 Å². The van der Waals surface area contributed by atoms with Gasteiger partial charge >= 0.3 is 5.97 Å². The number of benzene rings is 1. The summed E-state index contributed by atoms with van der Waals surface area (Å²) >= 11 is 0. The summed E-state index contributed by atoms with van der Waals surface area (Å²) in [5.41, 5.74) is 1.92. The molecule has 15 heavy (non-hydrogen) atoms. The Labute approximate surface area is 86.8 Å². The van der Waals surface area contributed by atoms with Crippen molar-refractivity contribution in [1.29, 1.82) is 0 Å². The number of carbonyl (C=O) groups is 1. The van der Waals surface area contributed by atoms with E-state index in [2.05, 4.69) is 0 Å². The van der Waals surface area contributed by atoms with Crippen molar-refractivity contribution in [2.24, 2.45) is 0 Å². The third kappa shape index (κ3) is 1.57. The minimum atomic E-state index is -1.64. The minimum absolute atomic E-state index is 0.0556. The van der Waals surface area contributed by atoms with E-state index in [0.29, 0.717) is 0 Å². The van der Waals surface area contributed by atoms with Crippen LogP contribution in [0.5, 0.6) is 5.75 Å². The highest BCUT2D eigenvalue weighted by Crippen LogP contribution is 2.35. The molecular weight excluding hydrogens is 196 g/mol. The lowest BCUT2D eigenvalue weighted by Crippen LogP contribution is -2.11. The van der Waals surface area contributed by atoms with Gasteiger partial charge in [-0.3, -0.25) is 0 Å². The van der Waals surface area contributed by atoms with Crippen LogP contribution in [0.25, 0.3) is 0 Å². The van der Waals surface area contributed by atoms with Gasteiger partial charge in [-0.15, -0.1) is 0 Å². The molecule has 0 heterocycles. The molecule has 80 valence electrons. The fourth-order valence-electron chi connectivity index (χ4n) is 2.02. The number of aromatic hydroxyl groups is 1. The number of aliphatic hydroxyl groups is 1. The molecule has 1 aliphatic rings. The SMILES string of the molecule is O=C(O)C(O)c1ccc2c(c1O)CCC2. The van der Waals surface area contributed by atoms with Crippen LogP contribution in [-0.4, -0.2) is 21.3 Å². The lowest BCUT2D eigenvalue weighted by atomic mass is 10.0. The van der Waals surface area contributed by atoms with Crippen molar-refractivity contribution in [2.45, 2.75) is 25.4 Å². The number of phenolic OH excluding ortho intramolecular Hbond substituents is 1. The normalized spacial score (nSPS) is 16.1. The maximum atomic E-state index is 10.6. The molecule has 1 unspecified atom stereocenters. The first-order valence-corrected chi connectivity index (χ1v) is 4.85. The van der Waals surface area contributed by atoms with Gasteiger partial charge in [0.1, 0.15) is 5.75 Å². The van der Waals surface area contributed by atoms with Crippen molar-refractivity contribution in [1.82, 2.24) is 0 Å². The Hall–Kier alpha value is -1.55. The van der Waals surface area contributed by atoms with E-state index in [-0.39, 0.29) is 11.3 Å². The molecule has 3 N–H and O–H groups in total. The molecule has 1 aliphatic carbocycles. The monoisotopic (exact) mass is 208 g/mol. The van der Waals surface area contributed by atoms with Gasteiger partial charge in [0.2, 0.25) is 0 Å². The zero-order valence-corrected chi connectivity index (χ0v) is 8.10. The number of aliphatic hydroxyl groups excluding tert-OH is 1. The molecule has 1 aromatic rings. The summed E-state index contributed by atoms with van der Waals surface area (Å²) < 4.78 is 0. The summed E-state index contributed by atoms with van der Waals surface area (Å²) in [4.78, 5) is 10.6. The van der Waals surface area contributed by atoms with Crippen molar-refractivity contribution >= 4 is 5.97 Å².